The van der Waals surface area contributed by atoms with Crippen molar-refractivity contribution in [2.75, 3.05) is 5.32 Å². The Bertz CT molecular complexity index is 1100. The minimum Gasteiger partial charge on any atom is -0.353 e. The van der Waals surface area contributed by atoms with E-state index in [0.717, 1.165) is 16.8 Å². The number of hydrogen-bond donors (Lipinski definition) is 2. The first-order chi connectivity index (χ1) is 12.2. The third kappa shape index (κ3) is 3.14. The van der Waals surface area contributed by atoms with Crippen LogP contribution in [0, 0.1) is 34.0 Å². The fourth-order valence-electron chi connectivity index (χ4n) is 2.37. The Kier molecular flexibility index (Phi) is 4.35. The highest BCUT2D eigenvalue weighted by Gasteiger charge is 2.12. The van der Waals surface area contributed by atoms with Crippen LogP contribution in [0.4, 0.5) is 5.69 Å². The number of nitrogens with one attached hydrogen (secondary N) is 2. The van der Waals surface area contributed by atoms with Crippen molar-refractivity contribution in [3.05, 3.63) is 58.9 Å². The maximum Gasteiger partial charge on any atom is 0.163 e. The number of aromatic amines is 1. The Morgan fingerprint density at radius 3 is 2.52 bits per heavy atom. The van der Waals surface area contributed by atoms with Crippen LogP contribution in [0.3, 0.4) is 0 Å². The van der Waals surface area contributed by atoms with Crippen LogP contribution in [-0.4, -0.2) is 9.97 Å². The number of pyridine rings is 1. The number of benzene rings is 1. The molecule has 0 aliphatic rings. The molecule has 0 radical (unpaired) electrons. The molecule has 0 amide bonds. The van der Waals surface area contributed by atoms with Crippen LogP contribution < -0.4 is 5.32 Å². The summed E-state index contributed by atoms with van der Waals surface area (Å²) in [4.78, 5) is 7.49. The largest absolute Gasteiger partial charge is 0.353 e. The fourth-order valence-corrected chi connectivity index (χ4v) is 2.53. The van der Waals surface area contributed by atoms with E-state index < -0.39 is 0 Å². The standard InChI is InChI=1S/C18H9ClN6/c19-18-6-5-14-16(25-18)7-15(24-14)12-3-1-2-4-13(12)23-17(10-22)11(8-20)9-21/h1-7,23-24H. The molecule has 2 aromatic heterocycles. The van der Waals surface area contributed by atoms with E-state index >= 15 is 0 Å². The van der Waals surface area contributed by atoms with Crippen molar-refractivity contribution >= 4 is 28.3 Å². The van der Waals surface area contributed by atoms with E-state index in [9.17, 15) is 5.26 Å². The highest BCUT2D eigenvalue weighted by atomic mass is 35.5. The maximum atomic E-state index is 9.22. The number of fused-ring (bicyclic) bond motifs is 1. The number of halogens is 1. The molecule has 0 aliphatic carbocycles. The molecule has 118 valence electrons. The highest BCUT2D eigenvalue weighted by molar-refractivity contribution is 6.29. The van der Waals surface area contributed by atoms with E-state index in [1.54, 1.807) is 30.3 Å². The van der Waals surface area contributed by atoms with E-state index in [2.05, 4.69) is 15.3 Å². The molecule has 6 nitrogen and oxygen atoms in total. The van der Waals surface area contributed by atoms with Gasteiger partial charge < -0.3 is 10.3 Å². The van der Waals surface area contributed by atoms with Gasteiger partial charge >= 0.3 is 0 Å². The van der Waals surface area contributed by atoms with E-state index in [4.69, 9.17) is 22.1 Å². The zero-order chi connectivity index (χ0) is 17.8. The molecule has 2 heterocycles. The van der Waals surface area contributed by atoms with Gasteiger partial charge in [0.05, 0.1) is 16.7 Å². The lowest BCUT2D eigenvalue weighted by Gasteiger charge is -2.10. The van der Waals surface area contributed by atoms with Gasteiger partial charge in [-0.15, -0.1) is 0 Å². The molecular weight excluding hydrogens is 336 g/mol. The zero-order valence-corrected chi connectivity index (χ0v) is 13.5. The van der Waals surface area contributed by atoms with E-state index in [1.807, 2.05) is 30.3 Å². The molecule has 7 heteroatoms. The molecule has 3 aromatic rings. The van der Waals surface area contributed by atoms with Crippen LogP contribution in [0.25, 0.3) is 22.3 Å². The SMILES string of the molecule is N#CC(C#N)=C(C#N)Nc1ccccc1-c1cc2nc(Cl)ccc2[nH]1. The van der Waals surface area contributed by atoms with Crippen molar-refractivity contribution in [2.24, 2.45) is 0 Å². The first-order valence-electron chi connectivity index (χ1n) is 7.12. The normalized spacial score (nSPS) is 9.68. The number of rotatable bonds is 3. The zero-order valence-electron chi connectivity index (χ0n) is 12.7. The molecule has 0 saturated carbocycles. The first-order valence-corrected chi connectivity index (χ1v) is 7.50. The van der Waals surface area contributed by atoms with Gasteiger partial charge in [0.15, 0.2) is 5.57 Å². The predicted molar refractivity (Wildman–Crippen MR) is 94.0 cm³/mol. The molecule has 1 aromatic carbocycles. The van der Waals surface area contributed by atoms with Crippen molar-refractivity contribution in [3.8, 4) is 29.5 Å². The van der Waals surface area contributed by atoms with Crippen LogP contribution in [-0.2, 0) is 0 Å². The Balaban J connectivity index is 2.10. The van der Waals surface area contributed by atoms with Crippen LogP contribution in [0.15, 0.2) is 53.7 Å². The minimum absolute atomic E-state index is 0.102. The maximum absolute atomic E-state index is 9.22. The van der Waals surface area contributed by atoms with Crippen molar-refractivity contribution in [1.82, 2.24) is 9.97 Å². The van der Waals surface area contributed by atoms with Gasteiger partial charge in [0.2, 0.25) is 0 Å². The van der Waals surface area contributed by atoms with Crippen LogP contribution >= 0.6 is 11.6 Å². The summed E-state index contributed by atoms with van der Waals surface area (Å²) < 4.78 is 0. The van der Waals surface area contributed by atoms with Crippen molar-refractivity contribution < 1.29 is 0 Å². The van der Waals surface area contributed by atoms with E-state index in [0.29, 0.717) is 16.4 Å². The van der Waals surface area contributed by atoms with Crippen LogP contribution in [0.1, 0.15) is 0 Å². The second-order valence-corrected chi connectivity index (χ2v) is 5.39. The van der Waals surface area contributed by atoms with Crippen LogP contribution in [0.5, 0.6) is 0 Å². The monoisotopic (exact) mass is 344 g/mol. The number of H-pyrrole nitrogens is 1. The van der Waals surface area contributed by atoms with Gasteiger partial charge in [-0.2, -0.15) is 15.8 Å². The summed E-state index contributed by atoms with van der Waals surface area (Å²) in [5, 5.41) is 30.4. The van der Waals surface area contributed by atoms with Gasteiger partial charge in [-0.1, -0.05) is 29.8 Å². The molecule has 0 spiro atoms. The smallest absolute Gasteiger partial charge is 0.163 e. The summed E-state index contributed by atoms with van der Waals surface area (Å²) in [6, 6.07) is 17.9. The number of hydrogen-bond acceptors (Lipinski definition) is 5. The van der Waals surface area contributed by atoms with Crippen molar-refractivity contribution in [2.45, 2.75) is 0 Å². The van der Waals surface area contributed by atoms with Gasteiger partial charge in [0, 0.05) is 11.3 Å². The lowest BCUT2D eigenvalue weighted by atomic mass is 10.1. The number of nitrogens with zero attached hydrogens (tertiary/aromatic N) is 4. The van der Waals surface area contributed by atoms with Crippen molar-refractivity contribution in [3.63, 3.8) is 0 Å². The third-order valence-electron chi connectivity index (χ3n) is 3.50. The molecule has 2 N–H and O–H groups in total. The van der Waals surface area contributed by atoms with E-state index in [1.165, 1.54) is 0 Å². The Morgan fingerprint density at radius 2 is 1.80 bits per heavy atom. The molecule has 0 aliphatic heterocycles. The molecule has 0 bridgehead atoms. The molecule has 0 unspecified atom stereocenters. The van der Waals surface area contributed by atoms with Gasteiger partial charge in [-0.25, -0.2) is 4.98 Å². The number of nitriles is 3. The van der Waals surface area contributed by atoms with Crippen molar-refractivity contribution in [1.29, 1.82) is 15.8 Å². The third-order valence-corrected chi connectivity index (χ3v) is 3.71. The minimum atomic E-state index is -0.276. The summed E-state index contributed by atoms with van der Waals surface area (Å²) >= 11 is 5.92. The molecule has 0 fully saturated rings. The molecule has 3 rings (SSSR count). The summed E-state index contributed by atoms with van der Waals surface area (Å²) in [5.41, 5.74) is 3.26. The van der Waals surface area contributed by atoms with Gasteiger partial charge in [-0.05, 0) is 24.3 Å². The highest BCUT2D eigenvalue weighted by Crippen LogP contribution is 2.31. The topological polar surface area (TPSA) is 112 Å². The summed E-state index contributed by atoms with van der Waals surface area (Å²) in [7, 11) is 0. The summed E-state index contributed by atoms with van der Waals surface area (Å²) in [5.74, 6) is 0. The predicted octanol–water partition coefficient (Wildman–Crippen LogP) is 4.12. The molecule has 0 atom stereocenters. The van der Waals surface area contributed by atoms with Gasteiger partial charge in [-0.3, -0.25) is 0 Å². The molecule has 0 saturated heterocycles. The van der Waals surface area contributed by atoms with Gasteiger partial charge in [0.1, 0.15) is 29.1 Å². The Hall–Kier alpha value is -3.79. The van der Waals surface area contributed by atoms with Crippen LogP contribution in [0.2, 0.25) is 5.15 Å². The fraction of sp³-hybridized carbons (Fsp3) is 0. The molecule has 25 heavy (non-hydrogen) atoms. The van der Waals surface area contributed by atoms with E-state index in [-0.39, 0.29) is 11.3 Å². The second kappa shape index (κ2) is 6.76. The Labute approximate surface area is 148 Å². The average Bonchev–Trinajstić information content (AvgIpc) is 3.05. The van der Waals surface area contributed by atoms with Gasteiger partial charge in [0.25, 0.3) is 0 Å². The second-order valence-electron chi connectivity index (χ2n) is 5.01. The lowest BCUT2D eigenvalue weighted by molar-refractivity contribution is 1.36. The summed E-state index contributed by atoms with van der Waals surface area (Å²) in [6.07, 6.45) is 0. The Morgan fingerprint density at radius 1 is 1.04 bits per heavy atom. The number of para-hydroxylation sites is 1. The quantitative estimate of drug-likeness (QED) is 0.548. The summed E-state index contributed by atoms with van der Waals surface area (Å²) in [6.45, 7) is 0. The number of allylic oxidation sites excluding steroid dienone is 2. The average molecular weight is 345 g/mol. The molecular formula is C18H9ClN6. The first kappa shape index (κ1) is 16.1. The number of anilines is 1. The number of aromatic nitrogens is 2. The lowest BCUT2D eigenvalue weighted by Crippen LogP contribution is -2.02.